The van der Waals surface area contributed by atoms with Gasteiger partial charge in [-0.2, -0.15) is 0 Å². The predicted octanol–water partition coefficient (Wildman–Crippen LogP) is 3.75. The molecule has 0 unspecified atom stereocenters. The summed E-state index contributed by atoms with van der Waals surface area (Å²) in [5.41, 5.74) is 9.50. The maximum Gasteiger partial charge on any atom is 0.194 e. The van der Waals surface area contributed by atoms with E-state index in [9.17, 15) is 0 Å². The first-order valence-electron chi connectivity index (χ1n) is 6.45. The van der Waals surface area contributed by atoms with E-state index in [2.05, 4.69) is 41.1 Å². The lowest BCUT2D eigenvalue weighted by Gasteiger charge is -2.07. The van der Waals surface area contributed by atoms with Crippen LogP contribution in [-0.4, -0.2) is 15.9 Å². The Bertz CT molecular complexity index is 677. The normalized spacial score (nSPS) is 11.8. The fourth-order valence-electron chi connectivity index (χ4n) is 2.37. The summed E-state index contributed by atoms with van der Waals surface area (Å²) in [6.45, 7) is 5.04. The molecule has 3 heterocycles. The largest absolute Gasteiger partial charge is 0.330 e. The van der Waals surface area contributed by atoms with Crippen LogP contribution in [0.1, 0.15) is 31.2 Å². The van der Waals surface area contributed by atoms with Gasteiger partial charge in [0.2, 0.25) is 0 Å². The molecular weight excluding hydrogens is 274 g/mol. The van der Waals surface area contributed by atoms with Gasteiger partial charge >= 0.3 is 0 Å². The second kappa shape index (κ2) is 5.07. The molecular formula is C14H17N3S2. The molecule has 0 saturated heterocycles. The van der Waals surface area contributed by atoms with Crippen molar-refractivity contribution in [2.24, 2.45) is 5.73 Å². The van der Waals surface area contributed by atoms with Crippen LogP contribution < -0.4 is 5.73 Å². The molecule has 0 fully saturated rings. The number of hydrogen-bond donors (Lipinski definition) is 1. The molecule has 0 aliphatic carbocycles. The third-order valence-corrected chi connectivity index (χ3v) is 4.91. The predicted molar refractivity (Wildman–Crippen MR) is 83.2 cm³/mol. The molecule has 3 aromatic heterocycles. The van der Waals surface area contributed by atoms with Gasteiger partial charge in [-0.3, -0.25) is 4.40 Å². The Kier molecular flexibility index (Phi) is 3.43. The minimum absolute atomic E-state index is 0.435. The molecule has 0 amide bonds. The number of rotatable bonds is 4. The Morgan fingerprint density at radius 2 is 2.21 bits per heavy atom. The highest BCUT2D eigenvalue weighted by Gasteiger charge is 2.19. The summed E-state index contributed by atoms with van der Waals surface area (Å²) in [5.74, 6) is 0.435. The minimum atomic E-state index is 0.435. The molecule has 19 heavy (non-hydrogen) atoms. The van der Waals surface area contributed by atoms with Crippen LogP contribution in [0.5, 0.6) is 0 Å². The molecule has 0 aliphatic heterocycles. The van der Waals surface area contributed by atoms with Gasteiger partial charge < -0.3 is 5.73 Å². The van der Waals surface area contributed by atoms with E-state index < -0.39 is 0 Å². The second-order valence-corrected chi connectivity index (χ2v) is 6.64. The van der Waals surface area contributed by atoms with Gasteiger partial charge in [-0.25, -0.2) is 4.98 Å². The van der Waals surface area contributed by atoms with Crippen molar-refractivity contribution in [1.29, 1.82) is 0 Å². The van der Waals surface area contributed by atoms with E-state index in [1.807, 2.05) is 0 Å². The van der Waals surface area contributed by atoms with Gasteiger partial charge in [-0.15, -0.1) is 22.7 Å². The number of fused-ring (bicyclic) bond motifs is 1. The number of thiazole rings is 1. The van der Waals surface area contributed by atoms with Crippen LogP contribution in [-0.2, 0) is 6.42 Å². The zero-order chi connectivity index (χ0) is 13.4. The summed E-state index contributed by atoms with van der Waals surface area (Å²) in [5, 5.41) is 4.31. The Hall–Kier alpha value is -1.17. The number of aromatic nitrogens is 2. The standard InChI is InChI=1S/C14H17N3S2/c1-9(2)13-10(5-6-15)17-11(8-19-14(17)16-13)12-4-3-7-18-12/h3-4,7-9H,5-6,15H2,1-2H3. The van der Waals surface area contributed by atoms with E-state index in [0.717, 1.165) is 11.4 Å². The molecule has 3 aromatic rings. The summed E-state index contributed by atoms with van der Waals surface area (Å²) in [6.07, 6.45) is 0.879. The topological polar surface area (TPSA) is 43.3 Å². The Balaban J connectivity index is 2.25. The lowest BCUT2D eigenvalue weighted by Crippen LogP contribution is -2.08. The van der Waals surface area contributed by atoms with Gasteiger partial charge in [-0.1, -0.05) is 19.9 Å². The number of nitrogens with zero attached hydrogens (tertiary/aromatic N) is 2. The van der Waals surface area contributed by atoms with E-state index in [-0.39, 0.29) is 0 Å². The van der Waals surface area contributed by atoms with Gasteiger partial charge in [0, 0.05) is 17.5 Å². The number of imidazole rings is 1. The fraction of sp³-hybridized carbons (Fsp3) is 0.357. The van der Waals surface area contributed by atoms with E-state index in [1.54, 1.807) is 22.7 Å². The van der Waals surface area contributed by atoms with Crippen LogP contribution in [0.4, 0.5) is 0 Å². The highest BCUT2D eigenvalue weighted by Crippen LogP contribution is 2.33. The van der Waals surface area contributed by atoms with Crippen LogP contribution in [0.15, 0.2) is 22.9 Å². The first kappa shape index (κ1) is 12.8. The van der Waals surface area contributed by atoms with Crippen LogP contribution in [0.3, 0.4) is 0 Å². The van der Waals surface area contributed by atoms with Gasteiger partial charge in [0.15, 0.2) is 4.96 Å². The van der Waals surface area contributed by atoms with Gasteiger partial charge in [0.25, 0.3) is 0 Å². The smallest absolute Gasteiger partial charge is 0.194 e. The molecule has 0 spiro atoms. The van der Waals surface area contributed by atoms with Crippen LogP contribution in [0.25, 0.3) is 15.5 Å². The quantitative estimate of drug-likeness (QED) is 0.795. The van der Waals surface area contributed by atoms with Gasteiger partial charge in [0.05, 0.1) is 16.3 Å². The number of nitrogens with two attached hydrogens (primary N) is 1. The van der Waals surface area contributed by atoms with Crippen LogP contribution >= 0.6 is 22.7 Å². The molecule has 5 heteroatoms. The van der Waals surface area contributed by atoms with Gasteiger partial charge in [0.1, 0.15) is 0 Å². The van der Waals surface area contributed by atoms with E-state index in [1.165, 1.54) is 22.0 Å². The second-order valence-electron chi connectivity index (χ2n) is 4.85. The SMILES string of the molecule is CC(C)c1nc2scc(-c3cccs3)n2c1CCN. The zero-order valence-corrected chi connectivity index (χ0v) is 12.7. The number of hydrogen-bond acceptors (Lipinski definition) is 4. The molecule has 0 radical (unpaired) electrons. The first-order chi connectivity index (χ1) is 9.22. The lowest BCUT2D eigenvalue weighted by molar-refractivity contribution is 0.792. The summed E-state index contributed by atoms with van der Waals surface area (Å²) in [6, 6.07) is 4.25. The molecule has 0 aromatic carbocycles. The molecule has 0 bridgehead atoms. The molecule has 100 valence electrons. The summed E-state index contributed by atoms with van der Waals surface area (Å²) < 4.78 is 2.29. The van der Waals surface area contributed by atoms with Crippen molar-refractivity contribution in [2.45, 2.75) is 26.2 Å². The van der Waals surface area contributed by atoms with E-state index >= 15 is 0 Å². The highest BCUT2D eigenvalue weighted by atomic mass is 32.1. The third-order valence-electron chi connectivity index (χ3n) is 3.19. The Morgan fingerprint density at radius 3 is 2.84 bits per heavy atom. The first-order valence-corrected chi connectivity index (χ1v) is 8.21. The van der Waals surface area contributed by atoms with Crippen LogP contribution in [0.2, 0.25) is 0 Å². The van der Waals surface area contributed by atoms with Crippen molar-refractivity contribution in [3.8, 4) is 10.6 Å². The average Bonchev–Trinajstić information content (AvgIpc) is 3.04. The van der Waals surface area contributed by atoms with Gasteiger partial charge in [-0.05, 0) is 23.9 Å². The van der Waals surface area contributed by atoms with E-state index in [0.29, 0.717) is 12.5 Å². The summed E-state index contributed by atoms with van der Waals surface area (Å²) in [7, 11) is 0. The summed E-state index contributed by atoms with van der Waals surface area (Å²) >= 11 is 3.47. The van der Waals surface area contributed by atoms with Crippen molar-refractivity contribution in [3.63, 3.8) is 0 Å². The lowest BCUT2D eigenvalue weighted by atomic mass is 10.1. The van der Waals surface area contributed by atoms with Crippen molar-refractivity contribution < 1.29 is 0 Å². The maximum absolute atomic E-state index is 5.78. The summed E-state index contributed by atoms with van der Waals surface area (Å²) in [4.78, 5) is 7.16. The molecule has 3 rings (SSSR count). The Morgan fingerprint density at radius 1 is 1.37 bits per heavy atom. The monoisotopic (exact) mass is 291 g/mol. The number of thiophene rings is 1. The minimum Gasteiger partial charge on any atom is -0.330 e. The molecule has 0 atom stereocenters. The molecule has 2 N–H and O–H groups in total. The molecule has 0 saturated carbocycles. The average molecular weight is 291 g/mol. The Labute approximate surface area is 120 Å². The van der Waals surface area contributed by atoms with Crippen molar-refractivity contribution in [3.05, 3.63) is 34.3 Å². The van der Waals surface area contributed by atoms with Crippen molar-refractivity contribution in [1.82, 2.24) is 9.38 Å². The van der Waals surface area contributed by atoms with Crippen molar-refractivity contribution in [2.75, 3.05) is 6.54 Å². The van der Waals surface area contributed by atoms with Crippen molar-refractivity contribution >= 4 is 27.6 Å². The maximum atomic E-state index is 5.78. The third kappa shape index (κ3) is 2.12. The van der Waals surface area contributed by atoms with E-state index in [4.69, 9.17) is 10.7 Å². The highest BCUT2D eigenvalue weighted by molar-refractivity contribution is 7.16. The zero-order valence-electron chi connectivity index (χ0n) is 11.1. The molecule has 3 nitrogen and oxygen atoms in total. The van der Waals surface area contributed by atoms with Crippen LogP contribution in [0, 0.1) is 0 Å². The molecule has 0 aliphatic rings. The fourth-order valence-corrected chi connectivity index (χ4v) is 4.09.